The van der Waals surface area contributed by atoms with Crippen LogP contribution in [-0.2, 0) is 29.6 Å². The molecular weight excluding hydrogens is 463 g/mol. The van der Waals surface area contributed by atoms with E-state index in [1.165, 1.54) is 0 Å². The molecule has 0 saturated heterocycles. The summed E-state index contributed by atoms with van der Waals surface area (Å²) in [6.07, 6.45) is 4.03. The molecule has 33 heavy (non-hydrogen) atoms. The van der Waals surface area contributed by atoms with E-state index >= 15 is 0 Å². The number of benzene rings is 1. The SMILES string of the molecule is CC(CC(=O)O)CC(=O)c1c(CCCCOCc2cccc(Cl)c2)n(C)c2nccc(Cl)c12. The van der Waals surface area contributed by atoms with E-state index < -0.39 is 5.97 Å². The number of rotatable bonds is 12. The van der Waals surface area contributed by atoms with Crippen molar-refractivity contribution >= 4 is 46.0 Å². The summed E-state index contributed by atoms with van der Waals surface area (Å²) in [7, 11) is 1.88. The summed E-state index contributed by atoms with van der Waals surface area (Å²) >= 11 is 12.5. The number of hydrogen-bond donors (Lipinski definition) is 1. The number of nitrogens with zero attached hydrogens (tertiary/aromatic N) is 2. The van der Waals surface area contributed by atoms with Crippen molar-refractivity contribution in [3.8, 4) is 0 Å². The van der Waals surface area contributed by atoms with Crippen LogP contribution in [0.25, 0.3) is 11.0 Å². The summed E-state index contributed by atoms with van der Waals surface area (Å²) in [5.41, 5.74) is 3.11. The molecule has 0 radical (unpaired) electrons. The lowest BCUT2D eigenvalue weighted by molar-refractivity contribution is -0.137. The van der Waals surface area contributed by atoms with Crippen molar-refractivity contribution < 1.29 is 19.4 Å². The highest BCUT2D eigenvalue weighted by Crippen LogP contribution is 2.32. The third-order valence-electron chi connectivity index (χ3n) is 5.59. The Balaban J connectivity index is 1.69. The number of pyridine rings is 1. The van der Waals surface area contributed by atoms with Gasteiger partial charge in [0, 0.05) is 54.4 Å². The Kier molecular flexibility index (Phi) is 8.89. The van der Waals surface area contributed by atoms with Crippen molar-refractivity contribution in [1.82, 2.24) is 9.55 Å². The molecule has 1 N–H and O–H groups in total. The monoisotopic (exact) mass is 490 g/mol. The smallest absolute Gasteiger partial charge is 0.303 e. The number of halogens is 2. The van der Waals surface area contributed by atoms with Gasteiger partial charge in [0.05, 0.1) is 11.6 Å². The number of aromatic nitrogens is 2. The minimum atomic E-state index is -0.911. The van der Waals surface area contributed by atoms with Gasteiger partial charge in [0.2, 0.25) is 0 Å². The number of carboxylic acid groups (broad SMARTS) is 1. The summed E-state index contributed by atoms with van der Waals surface area (Å²) in [5, 5.41) is 10.9. The second kappa shape index (κ2) is 11.6. The summed E-state index contributed by atoms with van der Waals surface area (Å²) in [6, 6.07) is 9.26. The number of unbranched alkanes of at least 4 members (excludes halogenated alkanes) is 1. The van der Waals surface area contributed by atoms with Crippen molar-refractivity contribution in [1.29, 1.82) is 0 Å². The molecular formula is C25H28Cl2N2O4. The minimum absolute atomic E-state index is 0.0538. The van der Waals surface area contributed by atoms with Crippen molar-refractivity contribution in [3.63, 3.8) is 0 Å². The fourth-order valence-electron chi connectivity index (χ4n) is 4.05. The lowest BCUT2D eigenvalue weighted by Crippen LogP contribution is -2.12. The predicted octanol–water partition coefficient (Wildman–Crippen LogP) is 6.10. The van der Waals surface area contributed by atoms with E-state index in [4.69, 9.17) is 33.0 Å². The molecule has 8 heteroatoms. The molecule has 1 unspecified atom stereocenters. The molecule has 2 heterocycles. The van der Waals surface area contributed by atoms with Gasteiger partial charge in [-0.15, -0.1) is 0 Å². The highest BCUT2D eigenvalue weighted by Gasteiger charge is 2.25. The van der Waals surface area contributed by atoms with Gasteiger partial charge in [-0.1, -0.05) is 42.3 Å². The molecule has 0 saturated carbocycles. The molecule has 0 spiro atoms. The van der Waals surface area contributed by atoms with E-state index in [0.29, 0.717) is 46.3 Å². The zero-order chi connectivity index (χ0) is 24.0. The van der Waals surface area contributed by atoms with Crippen LogP contribution in [0, 0.1) is 5.92 Å². The molecule has 2 aromatic heterocycles. The number of carbonyl (C=O) groups is 2. The van der Waals surface area contributed by atoms with Gasteiger partial charge in [0.25, 0.3) is 0 Å². The van der Waals surface area contributed by atoms with Crippen molar-refractivity contribution in [2.75, 3.05) is 6.61 Å². The lowest BCUT2D eigenvalue weighted by atomic mass is 9.94. The van der Waals surface area contributed by atoms with Crippen LogP contribution in [-0.4, -0.2) is 33.0 Å². The topological polar surface area (TPSA) is 81.4 Å². The zero-order valence-corrected chi connectivity index (χ0v) is 20.3. The highest BCUT2D eigenvalue weighted by molar-refractivity contribution is 6.36. The molecule has 0 aliphatic carbocycles. The molecule has 0 amide bonds. The standard InChI is InChI=1S/C25H28Cl2N2O4/c1-16(13-22(31)32)12-21(30)24-20(29(2)25-23(24)19(27)9-10-28-25)8-3-4-11-33-15-17-6-5-7-18(26)14-17/h5-7,9-10,14,16H,3-4,8,11-13,15H2,1-2H3,(H,31,32). The minimum Gasteiger partial charge on any atom is -0.481 e. The summed E-state index contributed by atoms with van der Waals surface area (Å²) in [4.78, 5) is 28.7. The van der Waals surface area contributed by atoms with Gasteiger partial charge in [-0.3, -0.25) is 9.59 Å². The average molecular weight is 491 g/mol. The summed E-state index contributed by atoms with van der Waals surface area (Å²) < 4.78 is 7.69. The molecule has 0 bridgehead atoms. The normalized spacial score (nSPS) is 12.2. The van der Waals surface area contributed by atoms with Gasteiger partial charge in [-0.05, 0) is 48.9 Å². The Labute approximate surface area is 203 Å². The van der Waals surface area contributed by atoms with Crippen LogP contribution >= 0.6 is 23.2 Å². The van der Waals surface area contributed by atoms with Crippen molar-refractivity contribution in [3.05, 3.63) is 63.4 Å². The summed E-state index contributed by atoms with van der Waals surface area (Å²) in [6.45, 7) is 2.86. The Bertz CT molecular complexity index is 1140. The molecule has 6 nitrogen and oxygen atoms in total. The van der Waals surface area contributed by atoms with Crippen LogP contribution in [0.5, 0.6) is 0 Å². The number of carbonyl (C=O) groups excluding carboxylic acids is 1. The van der Waals surface area contributed by atoms with Gasteiger partial charge in [0.1, 0.15) is 5.65 Å². The number of ketones is 1. The predicted molar refractivity (Wildman–Crippen MR) is 130 cm³/mol. The number of carboxylic acids is 1. The maximum Gasteiger partial charge on any atom is 0.303 e. The van der Waals surface area contributed by atoms with Gasteiger partial charge >= 0.3 is 5.97 Å². The molecule has 1 aromatic carbocycles. The van der Waals surface area contributed by atoms with E-state index in [0.717, 1.165) is 24.1 Å². The van der Waals surface area contributed by atoms with E-state index in [-0.39, 0.29) is 24.5 Å². The van der Waals surface area contributed by atoms with Crippen LogP contribution in [0.3, 0.4) is 0 Å². The molecule has 3 rings (SSSR count). The first-order chi connectivity index (χ1) is 15.8. The Hall–Kier alpha value is -2.41. The Morgan fingerprint density at radius 1 is 1.18 bits per heavy atom. The molecule has 176 valence electrons. The van der Waals surface area contributed by atoms with E-state index in [1.54, 1.807) is 19.2 Å². The molecule has 1 atom stereocenters. The third-order valence-corrected chi connectivity index (χ3v) is 6.14. The molecule has 0 fully saturated rings. The Morgan fingerprint density at radius 3 is 2.70 bits per heavy atom. The molecule has 0 aliphatic heterocycles. The quantitative estimate of drug-likeness (QED) is 0.245. The zero-order valence-electron chi connectivity index (χ0n) is 18.8. The van der Waals surface area contributed by atoms with Crippen LogP contribution in [0.15, 0.2) is 36.5 Å². The van der Waals surface area contributed by atoms with E-state index in [2.05, 4.69) is 4.98 Å². The lowest BCUT2D eigenvalue weighted by Gasteiger charge is -2.11. The molecule has 3 aromatic rings. The van der Waals surface area contributed by atoms with E-state index in [9.17, 15) is 9.59 Å². The maximum atomic E-state index is 13.2. The fraction of sp³-hybridized carbons (Fsp3) is 0.400. The van der Waals surface area contributed by atoms with Crippen molar-refractivity contribution in [2.45, 2.75) is 45.6 Å². The van der Waals surface area contributed by atoms with Crippen LogP contribution in [0.4, 0.5) is 0 Å². The van der Waals surface area contributed by atoms with Gasteiger partial charge in [-0.2, -0.15) is 0 Å². The van der Waals surface area contributed by atoms with Gasteiger partial charge in [0.15, 0.2) is 5.78 Å². The van der Waals surface area contributed by atoms with Crippen molar-refractivity contribution in [2.24, 2.45) is 13.0 Å². The number of ether oxygens (including phenoxy) is 1. The van der Waals surface area contributed by atoms with Crippen LogP contribution < -0.4 is 0 Å². The fourth-order valence-corrected chi connectivity index (χ4v) is 4.50. The number of aryl methyl sites for hydroxylation is 1. The number of Topliss-reactive ketones (excluding diaryl/α,β-unsaturated/α-hetero) is 1. The maximum absolute atomic E-state index is 13.2. The van der Waals surface area contributed by atoms with Crippen LogP contribution in [0.2, 0.25) is 10.0 Å². The molecule has 0 aliphatic rings. The second-order valence-corrected chi connectivity index (χ2v) is 9.19. The average Bonchev–Trinajstić information content (AvgIpc) is 3.03. The van der Waals surface area contributed by atoms with E-state index in [1.807, 2.05) is 35.9 Å². The van der Waals surface area contributed by atoms with Gasteiger partial charge < -0.3 is 14.4 Å². The second-order valence-electron chi connectivity index (χ2n) is 8.34. The number of hydrogen-bond acceptors (Lipinski definition) is 4. The highest BCUT2D eigenvalue weighted by atomic mass is 35.5. The van der Waals surface area contributed by atoms with Crippen LogP contribution in [0.1, 0.15) is 54.2 Å². The van der Waals surface area contributed by atoms with Gasteiger partial charge in [-0.25, -0.2) is 4.98 Å². The summed E-state index contributed by atoms with van der Waals surface area (Å²) in [5.74, 6) is -1.28. The largest absolute Gasteiger partial charge is 0.481 e. The third kappa shape index (κ3) is 6.56. The first-order valence-corrected chi connectivity index (χ1v) is 11.7. The Morgan fingerprint density at radius 2 is 1.97 bits per heavy atom. The first-order valence-electron chi connectivity index (χ1n) is 11.0. The number of aliphatic carboxylic acids is 1. The number of fused-ring (bicyclic) bond motifs is 1. The first kappa shape index (κ1) is 25.2.